The zero-order valence-electron chi connectivity index (χ0n) is 14.1. The highest BCUT2D eigenvalue weighted by Gasteiger charge is 2.30. The van der Waals surface area contributed by atoms with Crippen molar-refractivity contribution in [2.45, 2.75) is 39.1 Å². The minimum atomic E-state index is -4.40. The summed E-state index contributed by atoms with van der Waals surface area (Å²) < 4.78 is 43.9. The van der Waals surface area contributed by atoms with Crippen molar-refractivity contribution >= 4 is 5.91 Å². The summed E-state index contributed by atoms with van der Waals surface area (Å²) in [6.45, 7) is 3.70. The number of para-hydroxylation sites is 1. The monoisotopic (exact) mass is 351 g/mol. The van der Waals surface area contributed by atoms with Crippen LogP contribution in [0.1, 0.15) is 30.0 Å². The van der Waals surface area contributed by atoms with Gasteiger partial charge in [0.15, 0.2) is 6.10 Å². The van der Waals surface area contributed by atoms with Crippen molar-refractivity contribution in [2.24, 2.45) is 0 Å². The van der Waals surface area contributed by atoms with E-state index in [0.717, 1.165) is 17.7 Å². The number of hydrogen-bond donors (Lipinski definition) is 1. The van der Waals surface area contributed by atoms with E-state index in [1.165, 1.54) is 6.07 Å². The predicted octanol–water partition coefficient (Wildman–Crippen LogP) is 4.49. The van der Waals surface area contributed by atoms with Crippen LogP contribution in [0.25, 0.3) is 0 Å². The molecule has 3 nitrogen and oxygen atoms in total. The van der Waals surface area contributed by atoms with Gasteiger partial charge in [0.05, 0.1) is 5.56 Å². The molecule has 0 aliphatic rings. The third-order valence-corrected chi connectivity index (χ3v) is 3.75. The summed E-state index contributed by atoms with van der Waals surface area (Å²) in [5, 5.41) is 2.64. The van der Waals surface area contributed by atoms with Gasteiger partial charge in [0.25, 0.3) is 5.91 Å². The molecule has 0 spiro atoms. The maximum Gasteiger partial charge on any atom is 0.416 e. The summed E-state index contributed by atoms with van der Waals surface area (Å²) in [7, 11) is 0. The molecule has 6 heteroatoms. The lowest BCUT2D eigenvalue weighted by Gasteiger charge is -2.18. The molecule has 1 atom stereocenters. The normalized spacial score (nSPS) is 12.5. The Balaban J connectivity index is 2.00. The molecule has 0 bridgehead atoms. The number of amides is 1. The van der Waals surface area contributed by atoms with Crippen molar-refractivity contribution in [3.63, 3.8) is 0 Å². The smallest absolute Gasteiger partial charge is 0.416 e. The SMILES string of the molecule is CC[C@H](Oc1ccccc1C)C(=O)NCc1cccc(C(F)(F)F)c1. The highest BCUT2D eigenvalue weighted by molar-refractivity contribution is 5.81. The first-order valence-electron chi connectivity index (χ1n) is 7.97. The van der Waals surface area contributed by atoms with Gasteiger partial charge in [-0.25, -0.2) is 0 Å². The molecular formula is C19H20F3NO2. The van der Waals surface area contributed by atoms with Crippen molar-refractivity contribution in [3.05, 3.63) is 65.2 Å². The van der Waals surface area contributed by atoms with Crippen LogP contribution in [0.2, 0.25) is 0 Å². The lowest BCUT2D eigenvalue weighted by atomic mass is 10.1. The van der Waals surface area contributed by atoms with Crippen LogP contribution >= 0.6 is 0 Å². The van der Waals surface area contributed by atoms with Gasteiger partial charge in [-0.1, -0.05) is 37.3 Å². The molecule has 0 aliphatic heterocycles. The predicted molar refractivity (Wildman–Crippen MR) is 89.2 cm³/mol. The van der Waals surface area contributed by atoms with Crippen molar-refractivity contribution in [2.75, 3.05) is 0 Å². The van der Waals surface area contributed by atoms with E-state index in [1.807, 2.05) is 32.0 Å². The summed E-state index contributed by atoms with van der Waals surface area (Å²) in [4.78, 5) is 12.3. The van der Waals surface area contributed by atoms with Crippen LogP contribution in [-0.2, 0) is 17.5 Å². The summed E-state index contributed by atoms with van der Waals surface area (Å²) in [6.07, 6.45) is -4.66. The van der Waals surface area contributed by atoms with Crippen LogP contribution in [-0.4, -0.2) is 12.0 Å². The number of halogens is 3. The average Bonchev–Trinajstić information content (AvgIpc) is 2.58. The minimum absolute atomic E-state index is 0.0103. The van der Waals surface area contributed by atoms with Crippen molar-refractivity contribution < 1.29 is 22.7 Å². The number of benzene rings is 2. The van der Waals surface area contributed by atoms with E-state index in [1.54, 1.807) is 12.1 Å². The number of aryl methyl sites for hydroxylation is 1. The molecule has 1 N–H and O–H groups in total. The van der Waals surface area contributed by atoms with E-state index >= 15 is 0 Å². The zero-order chi connectivity index (χ0) is 18.4. The standard InChI is InChI=1S/C19H20F3NO2/c1-3-16(25-17-10-5-4-7-13(17)2)18(24)23-12-14-8-6-9-15(11-14)19(20,21)22/h4-11,16H,3,12H2,1-2H3,(H,23,24)/t16-/m0/s1. The van der Waals surface area contributed by atoms with E-state index in [-0.39, 0.29) is 12.5 Å². The van der Waals surface area contributed by atoms with Gasteiger partial charge in [0, 0.05) is 6.54 Å². The Bertz CT molecular complexity index is 729. The van der Waals surface area contributed by atoms with Crippen LogP contribution in [0.15, 0.2) is 48.5 Å². The first kappa shape index (κ1) is 18.8. The van der Waals surface area contributed by atoms with Gasteiger partial charge in [-0.15, -0.1) is 0 Å². The lowest BCUT2D eigenvalue weighted by Crippen LogP contribution is -2.37. The second-order valence-corrected chi connectivity index (χ2v) is 5.70. The maximum absolute atomic E-state index is 12.7. The van der Waals surface area contributed by atoms with E-state index in [2.05, 4.69) is 5.32 Å². The molecule has 0 heterocycles. The van der Waals surface area contributed by atoms with Crippen LogP contribution in [0.3, 0.4) is 0 Å². The molecule has 0 unspecified atom stereocenters. The molecular weight excluding hydrogens is 331 g/mol. The van der Waals surface area contributed by atoms with Gasteiger partial charge < -0.3 is 10.1 Å². The molecule has 25 heavy (non-hydrogen) atoms. The van der Waals surface area contributed by atoms with E-state index < -0.39 is 17.8 Å². The first-order valence-corrected chi connectivity index (χ1v) is 7.97. The number of hydrogen-bond acceptors (Lipinski definition) is 2. The third-order valence-electron chi connectivity index (χ3n) is 3.75. The molecule has 2 aromatic rings. The van der Waals surface area contributed by atoms with Gasteiger partial charge >= 0.3 is 6.18 Å². The summed E-state index contributed by atoms with van der Waals surface area (Å²) in [6, 6.07) is 12.2. The van der Waals surface area contributed by atoms with E-state index in [0.29, 0.717) is 17.7 Å². The summed E-state index contributed by atoms with van der Waals surface area (Å²) in [5.41, 5.74) is 0.558. The van der Waals surface area contributed by atoms with Gasteiger partial charge in [-0.05, 0) is 42.7 Å². The van der Waals surface area contributed by atoms with Crippen LogP contribution in [0.4, 0.5) is 13.2 Å². The fourth-order valence-corrected chi connectivity index (χ4v) is 2.32. The maximum atomic E-state index is 12.7. The first-order chi connectivity index (χ1) is 11.8. The Morgan fingerprint density at radius 2 is 1.88 bits per heavy atom. The van der Waals surface area contributed by atoms with Gasteiger partial charge in [0.2, 0.25) is 0 Å². The Morgan fingerprint density at radius 1 is 1.16 bits per heavy atom. The van der Waals surface area contributed by atoms with Crippen LogP contribution in [0, 0.1) is 6.92 Å². The number of ether oxygens (including phenoxy) is 1. The number of carbonyl (C=O) groups is 1. The van der Waals surface area contributed by atoms with Crippen molar-refractivity contribution in [1.82, 2.24) is 5.32 Å². The quantitative estimate of drug-likeness (QED) is 0.833. The molecule has 0 fully saturated rings. The lowest BCUT2D eigenvalue weighted by molar-refractivity contribution is -0.137. The third kappa shape index (κ3) is 5.24. The number of carbonyl (C=O) groups excluding carboxylic acids is 1. The topological polar surface area (TPSA) is 38.3 Å². The summed E-state index contributed by atoms with van der Waals surface area (Å²) in [5.74, 6) is 0.256. The largest absolute Gasteiger partial charge is 0.480 e. The fourth-order valence-electron chi connectivity index (χ4n) is 2.32. The Hall–Kier alpha value is -2.50. The molecule has 1 amide bonds. The van der Waals surface area contributed by atoms with Crippen LogP contribution < -0.4 is 10.1 Å². The Kier molecular flexibility index (Phi) is 6.07. The zero-order valence-corrected chi connectivity index (χ0v) is 14.1. The number of nitrogens with one attached hydrogen (secondary N) is 1. The van der Waals surface area contributed by atoms with Gasteiger partial charge in [-0.2, -0.15) is 13.2 Å². The molecule has 2 aromatic carbocycles. The minimum Gasteiger partial charge on any atom is -0.480 e. The van der Waals surface area contributed by atoms with E-state index in [9.17, 15) is 18.0 Å². The molecule has 0 saturated heterocycles. The van der Waals surface area contributed by atoms with E-state index in [4.69, 9.17) is 4.74 Å². The number of alkyl halides is 3. The van der Waals surface area contributed by atoms with Gasteiger partial charge in [-0.3, -0.25) is 4.79 Å². The molecule has 0 radical (unpaired) electrons. The molecule has 0 aliphatic carbocycles. The second-order valence-electron chi connectivity index (χ2n) is 5.70. The van der Waals surface area contributed by atoms with Gasteiger partial charge in [0.1, 0.15) is 5.75 Å². The molecule has 2 rings (SSSR count). The highest BCUT2D eigenvalue weighted by Crippen LogP contribution is 2.29. The highest BCUT2D eigenvalue weighted by atomic mass is 19.4. The Labute approximate surface area is 144 Å². The molecule has 134 valence electrons. The number of rotatable bonds is 6. The molecule has 0 saturated carbocycles. The van der Waals surface area contributed by atoms with Crippen LogP contribution in [0.5, 0.6) is 5.75 Å². The van der Waals surface area contributed by atoms with Crippen molar-refractivity contribution in [3.8, 4) is 5.75 Å². The fraction of sp³-hybridized carbons (Fsp3) is 0.316. The molecule has 0 aromatic heterocycles. The second kappa shape index (κ2) is 8.05. The van der Waals surface area contributed by atoms with Crippen molar-refractivity contribution in [1.29, 1.82) is 0 Å². The summed E-state index contributed by atoms with van der Waals surface area (Å²) >= 11 is 0. The Morgan fingerprint density at radius 3 is 2.52 bits per heavy atom. The average molecular weight is 351 g/mol.